The van der Waals surface area contributed by atoms with Crippen LogP contribution in [0.25, 0.3) is 11.1 Å². The van der Waals surface area contributed by atoms with Gasteiger partial charge in [0.25, 0.3) is 0 Å². The molecule has 0 fully saturated rings. The van der Waals surface area contributed by atoms with Crippen LogP contribution in [-0.4, -0.2) is 11.4 Å². The SMILES string of the molecule is CCN1C[n+]2cccc(c2)-c2ccc[n+](c2)C1. The van der Waals surface area contributed by atoms with Gasteiger partial charge in [-0.25, -0.2) is 0 Å². The first kappa shape index (κ1) is 10.4. The van der Waals surface area contributed by atoms with Gasteiger partial charge in [-0.15, -0.1) is 0 Å². The molecule has 0 amide bonds. The molecular formula is C14H17N3+2. The van der Waals surface area contributed by atoms with E-state index in [1.165, 1.54) is 11.1 Å². The van der Waals surface area contributed by atoms with E-state index in [4.69, 9.17) is 0 Å². The predicted octanol–water partition coefficient (Wildman–Crippen LogP) is 1.18. The molecule has 0 N–H and O–H groups in total. The molecule has 0 saturated carbocycles. The number of hydrogen-bond donors (Lipinski definition) is 0. The van der Waals surface area contributed by atoms with E-state index in [0.717, 1.165) is 19.9 Å². The molecule has 0 unspecified atom stereocenters. The third kappa shape index (κ3) is 2.06. The zero-order valence-electron chi connectivity index (χ0n) is 10.1. The van der Waals surface area contributed by atoms with Crippen molar-refractivity contribution in [2.75, 3.05) is 6.54 Å². The Morgan fingerprint density at radius 1 is 1.00 bits per heavy atom. The lowest BCUT2D eigenvalue weighted by Gasteiger charge is -2.12. The summed E-state index contributed by atoms with van der Waals surface area (Å²) in [6, 6.07) is 8.56. The molecule has 3 nitrogen and oxygen atoms in total. The third-order valence-corrected chi connectivity index (χ3v) is 3.22. The zero-order valence-corrected chi connectivity index (χ0v) is 10.1. The monoisotopic (exact) mass is 227 g/mol. The van der Waals surface area contributed by atoms with Gasteiger partial charge in [-0.2, -0.15) is 14.0 Å². The second kappa shape index (κ2) is 4.26. The fourth-order valence-corrected chi connectivity index (χ4v) is 2.27. The van der Waals surface area contributed by atoms with Crippen LogP contribution in [0.4, 0.5) is 0 Å². The molecule has 1 aliphatic heterocycles. The molecule has 0 aromatic carbocycles. The van der Waals surface area contributed by atoms with Crippen LogP contribution in [0.15, 0.2) is 49.1 Å². The van der Waals surface area contributed by atoms with E-state index >= 15 is 0 Å². The minimum atomic E-state index is 0.940. The molecule has 3 heteroatoms. The molecule has 0 radical (unpaired) electrons. The van der Waals surface area contributed by atoms with Crippen molar-refractivity contribution in [3.63, 3.8) is 0 Å². The van der Waals surface area contributed by atoms with Crippen LogP contribution in [-0.2, 0) is 13.3 Å². The van der Waals surface area contributed by atoms with E-state index in [-0.39, 0.29) is 0 Å². The minimum absolute atomic E-state index is 0.940. The van der Waals surface area contributed by atoms with E-state index in [1.807, 2.05) is 0 Å². The minimum Gasteiger partial charge on any atom is -0.191 e. The summed E-state index contributed by atoms with van der Waals surface area (Å²) >= 11 is 0. The number of pyridine rings is 2. The van der Waals surface area contributed by atoms with Gasteiger partial charge in [0.1, 0.15) is 0 Å². The van der Waals surface area contributed by atoms with Gasteiger partial charge in [0.05, 0.1) is 11.1 Å². The van der Waals surface area contributed by atoms with Crippen molar-refractivity contribution in [2.24, 2.45) is 0 Å². The summed E-state index contributed by atoms with van der Waals surface area (Å²) in [5.41, 5.74) is 2.56. The second-order valence-corrected chi connectivity index (χ2v) is 4.48. The number of nitrogens with zero attached hydrogens (tertiary/aromatic N) is 3. The van der Waals surface area contributed by atoms with E-state index in [2.05, 4.69) is 70.0 Å². The highest BCUT2D eigenvalue weighted by atomic mass is 15.3. The van der Waals surface area contributed by atoms with Gasteiger partial charge in [0.15, 0.2) is 24.8 Å². The lowest BCUT2D eigenvalue weighted by Crippen LogP contribution is -2.49. The van der Waals surface area contributed by atoms with Crippen LogP contribution in [0.1, 0.15) is 6.92 Å². The highest BCUT2D eigenvalue weighted by molar-refractivity contribution is 5.59. The van der Waals surface area contributed by atoms with E-state index in [9.17, 15) is 0 Å². The van der Waals surface area contributed by atoms with Crippen LogP contribution in [0.5, 0.6) is 0 Å². The van der Waals surface area contributed by atoms with Crippen LogP contribution in [0.2, 0.25) is 0 Å². The molecule has 3 heterocycles. The lowest BCUT2D eigenvalue weighted by atomic mass is 10.1. The summed E-state index contributed by atoms with van der Waals surface area (Å²) in [6.45, 7) is 5.13. The summed E-state index contributed by atoms with van der Waals surface area (Å²) in [6.07, 6.45) is 8.69. The van der Waals surface area contributed by atoms with Gasteiger partial charge in [-0.05, 0) is 12.1 Å². The third-order valence-electron chi connectivity index (χ3n) is 3.22. The Morgan fingerprint density at radius 2 is 1.53 bits per heavy atom. The molecule has 2 aromatic heterocycles. The summed E-state index contributed by atoms with van der Waals surface area (Å²) in [5, 5.41) is 0. The predicted molar refractivity (Wildman–Crippen MR) is 64.6 cm³/mol. The van der Waals surface area contributed by atoms with E-state index < -0.39 is 0 Å². The van der Waals surface area contributed by atoms with Gasteiger partial charge >= 0.3 is 0 Å². The Balaban J connectivity index is 2.15. The fourth-order valence-electron chi connectivity index (χ4n) is 2.27. The summed E-state index contributed by atoms with van der Waals surface area (Å²) in [4.78, 5) is 2.40. The fraction of sp³-hybridized carbons (Fsp3) is 0.286. The van der Waals surface area contributed by atoms with Gasteiger partial charge in [-0.3, -0.25) is 0 Å². The van der Waals surface area contributed by atoms with Crippen LogP contribution in [0, 0.1) is 0 Å². The van der Waals surface area contributed by atoms with Crippen molar-refractivity contribution in [3.8, 4) is 11.1 Å². The number of hydrogen-bond acceptors (Lipinski definition) is 1. The maximum atomic E-state index is 2.40. The van der Waals surface area contributed by atoms with Crippen molar-refractivity contribution in [2.45, 2.75) is 20.3 Å². The Bertz CT molecular complexity index is 489. The zero-order chi connectivity index (χ0) is 11.7. The molecular weight excluding hydrogens is 210 g/mol. The number of fused-ring (bicyclic) bond motifs is 5. The van der Waals surface area contributed by atoms with Gasteiger partial charge in [0.2, 0.25) is 13.3 Å². The standard InChI is InChI=1S/C14H17N3/c1-2-15-11-16-7-3-5-13(9-16)14-6-4-8-17(10-14)12-15/h3-10H,2,11-12H2,1H3/q+2. The maximum Gasteiger partial charge on any atom is 0.209 e. The van der Waals surface area contributed by atoms with E-state index in [1.54, 1.807) is 0 Å². The molecule has 3 rings (SSSR count). The Hall–Kier alpha value is -1.74. The van der Waals surface area contributed by atoms with Crippen molar-refractivity contribution in [1.29, 1.82) is 0 Å². The molecule has 0 spiro atoms. The quantitative estimate of drug-likeness (QED) is 0.666. The van der Waals surface area contributed by atoms with E-state index in [0.29, 0.717) is 0 Å². The van der Waals surface area contributed by atoms with Gasteiger partial charge < -0.3 is 0 Å². The van der Waals surface area contributed by atoms with Crippen molar-refractivity contribution in [3.05, 3.63) is 49.1 Å². The van der Waals surface area contributed by atoms with Crippen LogP contribution >= 0.6 is 0 Å². The Kier molecular flexibility index (Phi) is 2.61. The second-order valence-electron chi connectivity index (χ2n) is 4.48. The number of aromatic nitrogens is 2. The maximum absolute atomic E-state index is 2.40. The largest absolute Gasteiger partial charge is 0.209 e. The lowest BCUT2D eigenvalue weighted by molar-refractivity contribution is -0.758. The van der Waals surface area contributed by atoms with Crippen molar-refractivity contribution in [1.82, 2.24) is 4.90 Å². The highest BCUT2D eigenvalue weighted by Gasteiger charge is 2.17. The Labute approximate surface area is 102 Å². The van der Waals surface area contributed by atoms with Crippen molar-refractivity contribution < 1.29 is 9.13 Å². The first-order valence-corrected chi connectivity index (χ1v) is 6.06. The van der Waals surface area contributed by atoms with Crippen LogP contribution < -0.4 is 9.13 Å². The molecule has 17 heavy (non-hydrogen) atoms. The smallest absolute Gasteiger partial charge is 0.191 e. The van der Waals surface area contributed by atoms with Crippen LogP contribution in [0.3, 0.4) is 0 Å². The average Bonchev–Trinajstić information content (AvgIpc) is 2.40. The Morgan fingerprint density at radius 3 is 2.00 bits per heavy atom. The normalized spacial score (nSPS) is 14.9. The molecule has 2 aromatic rings. The summed E-state index contributed by atoms with van der Waals surface area (Å²) < 4.78 is 4.49. The first-order valence-electron chi connectivity index (χ1n) is 6.06. The number of rotatable bonds is 1. The van der Waals surface area contributed by atoms with Crippen molar-refractivity contribution >= 4 is 0 Å². The molecule has 86 valence electrons. The highest BCUT2D eigenvalue weighted by Crippen LogP contribution is 2.15. The molecule has 1 aliphatic rings. The molecule has 0 aliphatic carbocycles. The summed E-state index contributed by atoms with van der Waals surface area (Å²) in [5.74, 6) is 0. The van der Waals surface area contributed by atoms with Gasteiger partial charge in [-0.1, -0.05) is 6.92 Å². The molecule has 0 atom stereocenters. The topological polar surface area (TPSA) is 11.0 Å². The average molecular weight is 227 g/mol. The molecule has 4 bridgehead atoms. The van der Waals surface area contributed by atoms with Gasteiger partial charge in [0, 0.05) is 18.7 Å². The molecule has 0 saturated heterocycles. The summed E-state index contributed by atoms with van der Waals surface area (Å²) in [7, 11) is 0. The first-order chi connectivity index (χ1) is 8.35.